The molecular weight excluding hydrogens is 340 g/mol. The van der Waals surface area contributed by atoms with Gasteiger partial charge in [0, 0.05) is 30.8 Å². The molecule has 0 aromatic heterocycles. The minimum atomic E-state index is -0.0297. The highest BCUT2D eigenvalue weighted by atomic mass is 16.5. The molecule has 0 unspecified atom stereocenters. The lowest BCUT2D eigenvalue weighted by Crippen LogP contribution is -2.14. The van der Waals surface area contributed by atoms with Crippen LogP contribution in [0.5, 0.6) is 11.5 Å². The summed E-state index contributed by atoms with van der Waals surface area (Å²) in [7, 11) is 7.03. The largest absolute Gasteiger partial charge is 0.497 e. The van der Waals surface area contributed by atoms with Crippen molar-refractivity contribution in [2.24, 2.45) is 5.92 Å². The summed E-state index contributed by atoms with van der Waals surface area (Å²) in [6.45, 7) is 4.00. The van der Waals surface area contributed by atoms with E-state index in [4.69, 9.17) is 15.2 Å². The Morgan fingerprint density at radius 1 is 1.07 bits per heavy atom. The number of carbonyl (C=O) groups excluding carboxylic acids is 1. The van der Waals surface area contributed by atoms with E-state index < -0.39 is 0 Å². The quantitative estimate of drug-likeness (QED) is 0.449. The fraction of sp³-hybridized carbons (Fsp3) is 0.318. The van der Waals surface area contributed by atoms with E-state index in [9.17, 15) is 4.79 Å². The van der Waals surface area contributed by atoms with E-state index in [1.165, 1.54) is 0 Å². The third-order valence-corrected chi connectivity index (χ3v) is 4.41. The zero-order valence-corrected chi connectivity index (χ0v) is 16.9. The monoisotopic (exact) mass is 368 g/mol. The van der Waals surface area contributed by atoms with Gasteiger partial charge in [-0.2, -0.15) is 0 Å². The van der Waals surface area contributed by atoms with Gasteiger partial charge in [-0.3, -0.25) is 4.79 Å². The molecule has 0 heterocycles. The third kappa shape index (κ3) is 4.61. The van der Waals surface area contributed by atoms with Gasteiger partial charge in [0.25, 0.3) is 0 Å². The predicted molar refractivity (Wildman–Crippen MR) is 112 cm³/mol. The molecule has 2 rings (SSSR count). The van der Waals surface area contributed by atoms with Crippen LogP contribution in [0, 0.1) is 5.92 Å². The number of allylic oxidation sites excluding steroid dienone is 1. The van der Waals surface area contributed by atoms with Crippen molar-refractivity contribution in [3.8, 4) is 11.5 Å². The number of ketones is 1. The van der Waals surface area contributed by atoms with Gasteiger partial charge in [-0.25, -0.2) is 0 Å². The number of anilines is 2. The highest BCUT2D eigenvalue weighted by Gasteiger charge is 2.18. The standard InChI is InChI=1S/C22H28N2O3/c1-14(2)18(12-16-11-17(26-5)8-10-21(16)27-6)22(25)15-7-9-19(23)20(13-15)24(3)4/h7-14H,23H2,1-6H3/b18-12+. The number of nitrogen functional groups attached to an aromatic ring is 1. The Hall–Kier alpha value is -2.95. The van der Waals surface area contributed by atoms with E-state index in [2.05, 4.69) is 0 Å². The maximum absolute atomic E-state index is 13.2. The van der Waals surface area contributed by atoms with E-state index in [0.717, 1.165) is 11.3 Å². The van der Waals surface area contributed by atoms with Crippen LogP contribution in [0.2, 0.25) is 0 Å². The third-order valence-electron chi connectivity index (χ3n) is 4.41. The van der Waals surface area contributed by atoms with E-state index in [-0.39, 0.29) is 11.7 Å². The highest BCUT2D eigenvalue weighted by molar-refractivity contribution is 6.12. The zero-order valence-electron chi connectivity index (χ0n) is 16.9. The van der Waals surface area contributed by atoms with E-state index >= 15 is 0 Å². The normalized spacial score (nSPS) is 11.4. The molecule has 2 N–H and O–H groups in total. The second kappa shape index (κ2) is 8.62. The van der Waals surface area contributed by atoms with Crippen LogP contribution in [-0.2, 0) is 0 Å². The van der Waals surface area contributed by atoms with Gasteiger partial charge in [-0.05, 0) is 48.4 Å². The summed E-state index contributed by atoms with van der Waals surface area (Å²) >= 11 is 0. The van der Waals surface area contributed by atoms with Crippen molar-refractivity contribution in [2.45, 2.75) is 13.8 Å². The first kappa shape index (κ1) is 20.4. The second-order valence-electron chi connectivity index (χ2n) is 6.86. The van der Waals surface area contributed by atoms with Gasteiger partial charge in [-0.1, -0.05) is 13.8 Å². The van der Waals surface area contributed by atoms with Crippen LogP contribution in [0.15, 0.2) is 42.0 Å². The average molecular weight is 368 g/mol. The second-order valence-corrected chi connectivity index (χ2v) is 6.86. The molecular formula is C22H28N2O3. The molecule has 5 heteroatoms. The molecule has 0 radical (unpaired) electrons. The molecule has 0 spiro atoms. The molecule has 0 bridgehead atoms. The van der Waals surface area contributed by atoms with Gasteiger partial charge in [0.05, 0.1) is 25.6 Å². The molecule has 2 aromatic carbocycles. The smallest absolute Gasteiger partial charge is 0.189 e. The Kier molecular flexibility index (Phi) is 6.50. The van der Waals surface area contributed by atoms with Crippen molar-refractivity contribution in [3.63, 3.8) is 0 Å². The van der Waals surface area contributed by atoms with Crippen LogP contribution in [0.4, 0.5) is 11.4 Å². The summed E-state index contributed by atoms with van der Waals surface area (Å²) in [5.74, 6) is 1.40. The van der Waals surface area contributed by atoms with E-state index in [0.29, 0.717) is 28.3 Å². The number of methoxy groups -OCH3 is 2. The topological polar surface area (TPSA) is 64.8 Å². The Labute approximate surface area is 161 Å². The number of benzene rings is 2. The predicted octanol–water partition coefficient (Wildman–Crippen LogP) is 4.27. The van der Waals surface area contributed by atoms with Crippen LogP contribution in [0.25, 0.3) is 6.08 Å². The first-order valence-corrected chi connectivity index (χ1v) is 8.83. The molecule has 0 fully saturated rings. The van der Waals surface area contributed by atoms with Crippen LogP contribution >= 0.6 is 0 Å². The SMILES string of the molecule is COc1ccc(OC)c(/C=C(/C(=O)c2ccc(N)c(N(C)C)c2)C(C)C)c1. The van der Waals surface area contributed by atoms with E-state index in [1.54, 1.807) is 26.4 Å². The summed E-state index contributed by atoms with van der Waals surface area (Å²) in [6.07, 6.45) is 1.88. The first-order chi connectivity index (χ1) is 12.8. The first-order valence-electron chi connectivity index (χ1n) is 8.83. The number of carbonyl (C=O) groups is 1. The Balaban J connectivity index is 2.54. The summed E-state index contributed by atoms with van der Waals surface area (Å²) < 4.78 is 10.8. The molecule has 5 nitrogen and oxygen atoms in total. The number of Topliss-reactive ketones (excluding diaryl/α,β-unsaturated/α-hetero) is 1. The molecule has 27 heavy (non-hydrogen) atoms. The lowest BCUT2D eigenvalue weighted by atomic mass is 9.92. The fourth-order valence-corrected chi connectivity index (χ4v) is 2.85. The zero-order chi connectivity index (χ0) is 20.1. The Morgan fingerprint density at radius 2 is 1.78 bits per heavy atom. The van der Waals surface area contributed by atoms with Crippen molar-refractivity contribution in [3.05, 3.63) is 53.1 Å². The van der Waals surface area contributed by atoms with Crippen molar-refractivity contribution in [1.82, 2.24) is 0 Å². The highest BCUT2D eigenvalue weighted by Crippen LogP contribution is 2.30. The van der Waals surface area contributed by atoms with Crippen molar-refractivity contribution >= 4 is 23.2 Å². The van der Waals surface area contributed by atoms with Gasteiger partial charge < -0.3 is 20.1 Å². The van der Waals surface area contributed by atoms with Crippen molar-refractivity contribution < 1.29 is 14.3 Å². The van der Waals surface area contributed by atoms with Gasteiger partial charge in [0.15, 0.2) is 5.78 Å². The van der Waals surface area contributed by atoms with Crippen LogP contribution < -0.4 is 20.1 Å². The molecule has 0 saturated heterocycles. The molecule has 0 amide bonds. The number of nitrogens with zero attached hydrogens (tertiary/aromatic N) is 1. The van der Waals surface area contributed by atoms with Gasteiger partial charge in [0.2, 0.25) is 0 Å². The fourth-order valence-electron chi connectivity index (χ4n) is 2.85. The molecule has 0 saturated carbocycles. The average Bonchev–Trinajstić information content (AvgIpc) is 2.65. The number of rotatable bonds is 7. The van der Waals surface area contributed by atoms with E-state index in [1.807, 2.05) is 63.2 Å². The van der Waals surface area contributed by atoms with Gasteiger partial charge in [-0.15, -0.1) is 0 Å². The molecule has 0 aliphatic heterocycles. The number of nitrogens with two attached hydrogens (primary N) is 1. The lowest BCUT2D eigenvalue weighted by molar-refractivity contribution is 0.102. The minimum absolute atomic E-state index is 0.0297. The van der Waals surface area contributed by atoms with Gasteiger partial charge >= 0.3 is 0 Å². The summed E-state index contributed by atoms with van der Waals surface area (Å²) in [5.41, 5.74) is 9.58. The molecule has 0 aliphatic carbocycles. The van der Waals surface area contributed by atoms with Crippen molar-refractivity contribution in [2.75, 3.05) is 38.9 Å². The summed E-state index contributed by atoms with van der Waals surface area (Å²) in [6, 6.07) is 10.9. The maximum Gasteiger partial charge on any atom is 0.189 e. The van der Waals surface area contributed by atoms with Crippen LogP contribution in [0.3, 0.4) is 0 Å². The van der Waals surface area contributed by atoms with Crippen molar-refractivity contribution in [1.29, 1.82) is 0 Å². The molecule has 0 aliphatic rings. The summed E-state index contributed by atoms with van der Waals surface area (Å²) in [5, 5.41) is 0. The van der Waals surface area contributed by atoms with Crippen LogP contribution in [0.1, 0.15) is 29.8 Å². The van der Waals surface area contributed by atoms with Gasteiger partial charge in [0.1, 0.15) is 11.5 Å². The maximum atomic E-state index is 13.2. The number of ether oxygens (including phenoxy) is 2. The number of hydrogen-bond donors (Lipinski definition) is 1. The Morgan fingerprint density at radius 3 is 2.33 bits per heavy atom. The molecule has 0 atom stereocenters. The lowest BCUT2D eigenvalue weighted by Gasteiger charge is -2.18. The Bertz CT molecular complexity index is 855. The minimum Gasteiger partial charge on any atom is -0.497 e. The molecule has 2 aromatic rings. The van der Waals surface area contributed by atoms with Crippen LogP contribution in [-0.4, -0.2) is 34.1 Å². The molecule has 144 valence electrons. The summed E-state index contributed by atoms with van der Waals surface area (Å²) in [4.78, 5) is 15.1. The number of hydrogen-bond acceptors (Lipinski definition) is 5.